The monoisotopic (exact) mass is 648 g/mol. The molecule has 0 spiro atoms. The molecule has 38 heavy (non-hydrogen) atoms. The number of nitrogens with zero attached hydrogens (tertiary/aromatic N) is 2. The number of aromatic nitrogens is 1. The first kappa shape index (κ1) is 27.9. The second kappa shape index (κ2) is 12.2. The summed E-state index contributed by atoms with van der Waals surface area (Å²) in [5.74, 6) is 1.36. The molecule has 0 bridgehead atoms. The van der Waals surface area contributed by atoms with Gasteiger partial charge in [0.1, 0.15) is 5.75 Å². The van der Waals surface area contributed by atoms with Gasteiger partial charge in [0, 0.05) is 9.13 Å². The quantitative estimate of drug-likeness (QED) is 0.255. The number of allylic oxidation sites excluding steroid dienone is 1. The van der Waals surface area contributed by atoms with Crippen molar-refractivity contribution in [1.82, 2.24) is 4.57 Å². The molecule has 0 N–H and O–H groups in total. The van der Waals surface area contributed by atoms with Crippen LogP contribution in [-0.4, -0.2) is 37.5 Å². The summed E-state index contributed by atoms with van der Waals surface area (Å²) >= 11 is 3.47. The Bertz CT molecular complexity index is 1560. The van der Waals surface area contributed by atoms with E-state index in [-0.39, 0.29) is 12.2 Å². The molecule has 0 saturated carbocycles. The molecule has 8 nitrogen and oxygen atoms in total. The second-order valence-corrected chi connectivity index (χ2v) is 10.5. The lowest BCUT2D eigenvalue weighted by Gasteiger charge is -2.24. The number of esters is 1. The maximum Gasteiger partial charge on any atom is 0.338 e. The number of benzene rings is 2. The number of fused-ring (bicyclic) bond motifs is 1. The first-order valence-corrected chi connectivity index (χ1v) is 14.1. The fraction of sp³-hybridized carbons (Fsp3) is 0.321. The van der Waals surface area contributed by atoms with E-state index < -0.39 is 12.0 Å². The number of methoxy groups -OCH3 is 1. The van der Waals surface area contributed by atoms with Crippen LogP contribution in [0.2, 0.25) is 0 Å². The van der Waals surface area contributed by atoms with E-state index in [9.17, 15) is 9.59 Å². The molecule has 10 heteroatoms. The van der Waals surface area contributed by atoms with Crippen LogP contribution >= 0.6 is 33.9 Å². The minimum absolute atomic E-state index is 0.213. The van der Waals surface area contributed by atoms with Crippen LogP contribution in [0.25, 0.3) is 6.08 Å². The Morgan fingerprint density at radius 1 is 1.11 bits per heavy atom. The van der Waals surface area contributed by atoms with Gasteiger partial charge in [0.15, 0.2) is 16.3 Å². The standard InChI is InChI=1S/C28H29IN2O6S/c1-6-35-20-11-9-17(10-12-20)24-23(27(33)37-8-3)16(4)30-28-31(24)26(32)22(38-28)14-18-13-19(29)15-21(34-5)25(18)36-7-2/h9-15,24H,6-8H2,1-5H3/b22-14-/t24-/m0/s1. The molecule has 200 valence electrons. The average Bonchev–Trinajstić information content (AvgIpc) is 3.19. The molecular formula is C28H29IN2O6S. The maximum atomic E-state index is 13.9. The van der Waals surface area contributed by atoms with Gasteiger partial charge in [-0.25, -0.2) is 9.79 Å². The third kappa shape index (κ3) is 5.51. The highest BCUT2D eigenvalue weighted by Gasteiger charge is 2.33. The Morgan fingerprint density at radius 3 is 2.45 bits per heavy atom. The number of hydrogen-bond acceptors (Lipinski definition) is 8. The number of thiazole rings is 1. The topological polar surface area (TPSA) is 88.4 Å². The number of hydrogen-bond donors (Lipinski definition) is 0. The van der Waals surface area contributed by atoms with Crippen LogP contribution in [-0.2, 0) is 9.53 Å². The first-order chi connectivity index (χ1) is 18.3. The van der Waals surface area contributed by atoms with E-state index in [0.717, 1.165) is 14.7 Å². The van der Waals surface area contributed by atoms with Gasteiger partial charge in [-0.2, -0.15) is 0 Å². The van der Waals surface area contributed by atoms with Crippen LogP contribution in [0.5, 0.6) is 17.2 Å². The van der Waals surface area contributed by atoms with Crippen molar-refractivity contribution in [3.63, 3.8) is 0 Å². The molecular weight excluding hydrogens is 619 g/mol. The summed E-state index contributed by atoms with van der Waals surface area (Å²) in [6.45, 7) is 8.52. The van der Waals surface area contributed by atoms with Crippen LogP contribution in [0.4, 0.5) is 0 Å². The Kier molecular flexibility index (Phi) is 8.93. The summed E-state index contributed by atoms with van der Waals surface area (Å²) in [7, 11) is 1.59. The summed E-state index contributed by atoms with van der Waals surface area (Å²) in [5, 5.41) is 0. The molecule has 2 aromatic carbocycles. The third-order valence-corrected chi connectivity index (χ3v) is 7.47. The lowest BCUT2D eigenvalue weighted by atomic mass is 9.96. The highest BCUT2D eigenvalue weighted by molar-refractivity contribution is 14.1. The Labute approximate surface area is 238 Å². The lowest BCUT2D eigenvalue weighted by molar-refractivity contribution is -0.139. The molecule has 1 atom stereocenters. The summed E-state index contributed by atoms with van der Waals surface area (Å²) in [5.41, 5.74) is 2.06. The maximum absolute atomic E-state index is 13.9. The molecule has 3 aromatic rings. The highest BCUT2D eigenvalue weighted by Crippen LogP contribution is 2.34. The summed E-state index contributed by atoms with van der Waals surface area (Å²) in [4.78, 5) is 32.2. The van der Waals surface area contributed by atoms with Gasteiger partial charge >= 0.3 is 5.97 Å². The average molecular weight is 649 g/mol. The Morgan fingerprint density at radius 2 is 1.82 bits per heavy atom. The SMILES string of the molecule is CCOC(=O)C1=C(C)N=c2s/c(=C\c3cc(I)cc(OC)c3OCC)c(=O)n2[C@H]1c1ccc(OCC)cc1. The van der Waals surface area contributed by atoms with Crippen molar-refractivity contribution in [2.45, 2.75) is 33.7 Å². The van der Waals surface area contributed by atoms with Crippen molar-refractivity contribution in [2.75, 3.05) is 26.9 Å². The summed E-state index contributed by atoms with van der Waals surface area (Å²) in [6.07, 6.45) is 1.79. The van der Waals surface area contributed by atoms with Gasteiger partial charge in [-0.05, 0) is 86.2 Å². The van der Waals surface area contributed by atoms with Crippen LogP contribution in [0.1, 0.15) is 44.9 Å². The molecule has 1 aliphatic rings. The van der Waals surface area contributed by atoms with E-state index >= 15 is 0 Å². The molecule has 0 radical (unpaired) electrons. The fourth-order valence-corrected chi connectivity index (χ4v) is 5.96. The number of carbonyl (C=O) groups is 1. The van der Waals surface area contributed by atoms with Crippen molar-refractivity contribution in [3.05, 3.63) is 82.1 Å². The second-order valence-electron chi connectivity index (χ2n) is 8.26. The van der Waals surface area contributed by atoms with E-state index in [2.05, 4.69) is 27.6 Å². The van der Waals surface area contributed by atoms with Crippen molar-refractivity contribution < 1.29 is 23.7 Å². The van der Waals surface area contributed by atoms with Gasteiger partial charge < -0.3 is 18.9 Å². The fourth-order valence-electron chi connectivity index (χ4n) is 4.31. The van der Waals surface area contributed by atoms with Crippen LogP contribution in [0.15, 0.2) is 57.5 Å². The molecule has 0 amide bonds. The highest BCUT2D eigenvalue weighted by atomic mass is 127. The molecule has 4 rings (SSSR count). The van der Waals surface area contributed by atoms with Crippen molar-refractivity contribution in [1.29, 1.82) is 0 Å². The van der Waals surface area contributed by atoms with E-state index in [1.54, 1.807) is 31.6 Å². The minimum Gasteiger partial charge on any atom is -0.494 e. The zero-order valence-electron chi connectivity index (χ0n) is 21.9. The van der Waals surface area contributed by atoms with Gasteiger partial charge in [0.2, 0.25) is 0 Å². The van der Waals surface area contributed by atoms with Gasteiger partial charge in [0.25, 0.3) is 5.56 Å². The predicted molar refractivity (Wildman–Crippen MR) is 155 cm³/mol. The molecule has 0 saturated heterocycles. The zero-order valence-corrected chi connectivity index (χ0v) is 24.8. The van der Waals surface area contributed by atoms with Gasteiger partial charge in [-0.15, -0.1) is 0 Å². The zero-order chi connectivity index (χ0) is 27.4. The normalized spacial score (nSPS) is 15.1. The van der Waals surface area contributed by atoms with Crippen molar-refractivity contribution in [3.8, 4) is 17.2 Å². The van der Waals surface area contributed by atoms with Crippen LogP contribution in [0.3, 0.4) is 0 Å². The Hall–Kier alpha value is -3.12. The van der Waals surface area contributed by atoms with E-state index in [0.29, 0.717) is 51.1 Å². The molecule has 1 aliphatic heterocycles. The van der Waals surface area contributed by atoms with Crippen molar-refractivity contribution in [2.24, 2.45) is 4.99 Å². The lowest BCUT2D eigenvalue weighted by Crippen LogP contribution is -2.39. The predicted octanol–water partition coefficient (Wildman–Crippen LogP) is 4.21. The van der Waals surface area contributed by atoms with Gasteiger partial charge in [-0.3, -0.25) is 9.36 Å². The molecule has 0 fully saturated rings. The summed E-state index contributed by atoms with van der Waals surface area (Å²) < 4.78 is 25.3. The van der Waals surface area contributed by atoms with E-state index in [4.69, 9.17) is 18.9 Å². The minimum atomic E-state index is -0.695. The smallest absolute Gasteiger partial charge is 0.338 e. The van der Waals surface area contributed by atoms with Crippen LogP contribution in [0, 0.1) is 3.57 Å². The van der Waals surface area contributed by atoms with E-state index in [1.807, 2.05) is 50.2 Å². The molecule has 0 unspecified atom stereocenters. The number of carbonyl (C=O) groups excluding carboxylic acids is 1. The molecule has 2 heterocycles. The van der Waals surface area contributed by atoms with Gasteiger partial charge in [-0.1, -0.05) is 23.5 Å². The van der Waals surface area contributed by atoms with Crippen LogP contribution < -0.4 is 29.1 Å². The van der Waals surface area contributed by atoms with Crippen molar-refractivity contribution >= 4 is 46.0 Å². The number of ether oxygens (including phenoxy) is 4. The number of halogens is 1. The molecule has 0 aliphatic carbocycles. The first-order valence-electron chi connectivity index (χ1n) is 12.3. The summed E-state index contributed by atoms with van der Waals surface area (Å²) in [6, 6.07) is 10.5. The molecule has 1 aromatic heterocycles. The van der Waals surface area contributed by atoms with Gasteiger partial charge in [0.05, 0.1) is 48.8 Å². The Balaban J connectivity index is 1.95. The largest absolute Gasteiger partial charge is 0.494 e. The third-order valence-electron chi connectivity index (χ3n) is 5.87. The van der Waals surface area contributed by atoms with E-state index in [1.165, 1.54) is 11.3 Å². The number of rotatable bonds is 9.